The minimum Gasteiger partial charge on any atom is -0.368 e. The van der Waals surface area contributed by atoms with Gasteiger partial charge in [-0.25, -0.2) is 0 Å². The lowest BCUT2D eigenvalue weighted by molar-refractivity contribution is -0.256. The first-order valence-electron chi connectivity index (χ1n) is 6.74. The van der Waals surface area contributed by atoms with Crippen LogP contribution in [0.25, 0.3) is 0 Å². The molecule has 1 aromatic carbocycles. The van der Waals surface area contributed by atoms with Crippen LogP contribution in [0.2, 0.25) is 5.02 Å². The molecule has 0 amide bonds. The van der Waals surface area contributed by atoms with Crippen LogP contribution in [0.3, 0.4) is 0 Å². The van der Waals surface area contributed by atoms with Crippen LogP contribution in [0, 0.1) is 0 Å². The van der Waals surface area contributed by atoms with Crippen molar-refractivity contribution in [2.75, 3.05) is 6.61 Å². The van der Waals surface area contributed by atoms with Gasteiger partial charge in [-0.2, -0.15) is 0 Å². The first-order valence-corrected chi connectivity index (χ1v) is 7.12. The number of benzene rings is 1. The fraction of sp³-hybridized carbons (Fsp3) is 0.533. The van der Waals surface area contributed by atoms with Crippen molar-refractivity contribution in [3.63, 3.8) is 0 Å². The summed E-state index contributed by atoms with van der Waals surface area (Å²) >= 11 is 6.08. The average molecular weight is 299 g/mol. The number of rotatable bonds is 5. The van der Waals surface area contributed by atoms with Gasteiger partial charge < -0.3 is 14.2 Å². The highest BCUT2D eigenvalue weighted by Gasteiger charge is 2.35. The van der Waals surface area contributed by atoms with Crippen molar-refractivity contribution in [1.82, 2.24) is 0 Å². The molecular weight excluding hydrogens is 280 g/mol. The number of carbonyl (C=O) groups excluding carboxylic acids is 1. The summed E-state index contributed by atoms with van der Waals surface area (Å²) in [5, 5.41) is 0.649. The first-order chi connectivity index (χ1) is 9.61. The minimum atomic E-state index is -0.573. The van der Waals surface area contributed by atoms with Crippen LogP contribution in [0.1, 0.15) is 25.8 Å². The largest absolute Gasteiger partial charge is 0.368 e. The predicted octanol–water partition coefficient (Wildman–Crippen LogP) is 2.97. The molecule has 0 radical (unpaired) electrons. The summed E-state index contributed by atoms with van der Waals surface area (Å²) in [6.07, 6.45) is -0.590. The van der Waals surface area contributed by atoms with Crippen LogP contribution in [0.5, 0.6) is 0 Å². The topological polar surface area (TPSA) is 44.8 Å². The van der Waals surface area contributed by atoms with E-state index in [1.165, 1.54) is 6.92 Å². The molecule has 20 heavy (non-hydrogen) atoms. The Kier molecular flexibility index (Phi) is 5.54. The maximum absolute atomic E-state index is 11.7. The number of carbonyl (C=O) groups is 1. The predicted molar refractivity (Wildman–Crippen MR) is 75.6 cm³/mol. The van der Waals surface area contributed by atoms with E-state index in [4.69, 9.17) is 25.8 Å². The second-order valence-electron chi connectivity index (χ2n) is 4.78. The maximum atomic E-state index is 11.7. The summed E-state index contributed by atoms with van der Waals surface area (Å²) in [6.45, 7) is 4.15. The third-order valence-corrected chi connectivity index (χ3v) is 3.60. The van der Waals surface area contributed by atoms with Gasteiger partial charge in [-0.05, 0) is 25.0 Å². The zero-order chi connectivity index (χ0) is 14.5. The molecule has 1 saturated heterocycles. The molecule has 2 rings (SSSR count). The monoisotopic (exact) mass is 298 g/mol. The van der Waals surface area contributed by atoms with Gasteiger partial charge in [0.15, 0.2) is 12.1 Å². The highest BCUT2D eigenvalue weighted by Crippen LogP contribution is 2.22. The van der Waals surface area contributed by atoms with Crippen molar-refractivity contribution in [3.05, 3.63) is 34.9 Å². The fourth-order valence-corrected chi connectivity index (χ4v) is 2.29. The van der Waals surface area contributed by atoms with Gasteiger partial charge >= 0.3 is 0 Å². The average Bonchev–Trinajstić information content (AvgIpc) is 2.46. The lowest BCUT2D eigenvalue weighted by Crippen LogP contribution is -2.48. The van der Waals surface area contributed by atoms with Crippen LogP contribution in [-0.2, 0) is 25.6 Å². The van der Waals surface area contributed by atoms with E-state index in [0.717, 1.165) is 5.56 Å². The zero-order valence-corrected chi connectivity index (χ0v) is 12.4. The number of hydrogen-bond donors (Lipinski definition) is 0. The van der Waals surface area contributed by atoms with Gasteiger partial charge in [0, 0.05) is 5.02 Å². The molecule has 0 saturated carbocycles. The molecule has 5 heteroatoms. The molecule has 1 aliphatic rings. The van der Waals surface area contributed by atoms with Crippen LogP contribution in [0.15, 0.2) is 24.3 Å². The molecule has 0 spiro atoms. The van der Waals surface area contributed by atoms with E-state index in [-0.39, 0.29) is 12.1 Å². The molecule has 0 bridgehead atoms. The third kappa shape index (κ3) is 3.79. The molecule has 110 valence electrons. The van der Waals surface area contributed by atoms with Gasteiger partial charge in [-0.15, -0.1) is 0 Å². The van der Waals surface area contributed by atoms with E-state index in [1.807, 2.05) is 31.2 Å². The van der Waals surface area contributed by atoms with Crippen LogP contribution in [0.4, 0.5) is 0 Å². The number of hydrogen-bond acceptors (Lipinski definition) is 4. The van der Waals surface area contributed by atoms with E-state index >= 15 is 0 Å². The van der Waals surface area contributed by atoms with Crippen LogP contribution < -0.4 is 0 Å². The molecular formula is C15H19ClO4. The first kappa shape index (κ1) is 15.4. The van der Waals surface area contributed by atoms with Crippen molar-refractivity contribution in [2.24, 2.45) is 0 Å². The summed E-state index contributed by atoms with van der Waals surface area (Å²) in [7, 11) is 0. The molecule has 1 aliphatic heterocycles. The van der Waals surface area contributed by atoms with Crippen molar-refractivity contribution < 1.29 is 19.0 Å². The normalized spacial score (nSPS) is 26.4. The summed E-state index contributed by atoms with van der Waals surface area (Å²) < 4.78 is 16.9. The zero-order valence-electron chi connectivity index (χ0n) is 11.7. The van der Waals surface area contributed by atoms with Crippen LogP contribution in [-0.4, -0.2) is 30.9 Å². The molecule has 1 heterocycles. The molecule has 3 atom stereocenters. The van der Waals surface area contributed by atoms with E-state index in [1.54, 1.807) is 0 Å². The second kappa shape index (κ2) is 7.18. The Hall–Kier alpha value is -0.940. The molecule has 0 N–H and O–H groups in total. The highest BCUT2D eigenvalue weighted by molar-refractivity contribution is 6.31. The van der Waals surface area contributed by atoms with Crippen molar-refractivity contribution in [2.45, 2.75) is 45.4 Å². The SMILES string of the molecule is CC[C@H]1OCC(OCc2ccccc2Cl)C(C(C)=O)O1. The lowest BCUT2D eigenvalue weighted by Gasteiger charge is -2.34. The van der Waals surface area contributed by atoms with E-state index in [0.29, 0.717) is 24.7 Å². The van der Waals surface area contributed by atoms with Crippen molar-refractivity contribution >= 4 is 17.4 Å². The molecule has 2 unspecified atom stereocenters. The number of halogens is 1. The number of ether oxygens (including phenoxy) is 3. The summed E-state index contributed by atoms with van der Waals surface area (Å²) in [5.41, 5.74) is 0.883. The van der Waals surface area contributed by atoms with Gasteiger partial charge in [0.2, 0.25) is 0 Å². The van der Waals surface area contributed by atoms with Gasteiger partial charge in [-0.3, -0.25) is 4.79 Å². The van der Waals surface area contributed by atoms with E-state index < -0.39 is 12.2 Å². The Balaban J connectivity index is 1.97. The second-order valence-corrected chi connectivity index (χ2v) is 5.19. The molecule has 1 fully saturated rings. The Morgan fingerprint density at radius 3 is 2.85 bits per heavy atom. The Morgan fingerprint density at radius 1 is 1.45 bits per heavy atom. The smallest absolute Gasteiger partial charge is 0.161 e. The third-order valence-electron chi connectivity index (χ3n) is 3.23. The number of ketones is 1. The van der Waals surface area contributed by atoms with Crippen molar-refractivity contribution in [1.29, 1.82) is 0 Å². The lowest BCUT2D eigenvalue weighted by atomic mass is 10.1. The summed E-state index contributed by atoms with van der Waals surface area (Å²) in [5.74, 6) is -0.0455. The fourth-order valence-electron chi connectivity index (χ4n) is 2.10. The van der Waals surface area contributed by atoms with E-state index in [2.05, 4.69) is 0 Å². The summed E-state index contributed by atoms with van der Waals surface area (Å²) in [4.78, 5) is 11.7. The summed E-state index contributed by atoms with van der Waals surface area (Å²) in [6, 6.07) is 7.46. The van der Waals surface area contributed by atoms with Gasteiger partial charge in [0.25, 0.3) is 0 Å². The van der Waals surface area contributed by atoms with Crippen molar-refractivity contribution in [3.8, 4) is 0 Å². The molecule has 0 aliphatic carbocycles. The molecule has 1 aromatic rings. The standard InChI is InChI=1S/C15H19ClO4/c1-3-14-19-9-13(15(20-14)10(2)17)18-8-11-6-4-5-7-12(11)16/h4-7,13-15H,3,8-9H2,1-2H3/t13?,14-,15?/m0/s1. The highest BCUT2D eigenvalue weighted by atomic mass is 35.5. The van der Waals surface area contributed by atoms with Gasteiger partial charge in [0.05, 0.1) is 13.2 Å². The molecule has 4 nitrogen and oxygen atoms in total. The molecule has 0 aromatic heterocycles. The Bertz CT molecular complexity index is 463. The minimum absolute atomic E-state index is 0.0455. The number of Topliss-reactive ketones (excluding diaryl/α,β-unsaturated/α-hetero) is 1. The van der Waals surface area contributed by atoms with Crippen LogP contribution >= 0.6 is 11.6 Å². The Labute approximate surface area is 124 Å². The Morgan fingerprint density at radius 2 is 2.20 bits per heavy atom. The maximum Gasteiger partial charge on any atom is 0.161 e. The van der Waals surface area contributed by atoms with Gasteiger partial charge in [0.1, 0.15) is 12.2 Å². The van der Waals surface area contributed by atoms with E-state index in [9.17, 15) is 4.79 Å². The quantitative estimate of drug-likeness (QED) is 0.838. The van der Waals surface area contributed by atoms with Gasteiger partial charge in [-0.1, -0.05) is 36.7 Å².